The molecule has 0 spiro atoms. The molecule has 0 bridgehead atoms. The molecular formula is C15H16F4O. The summed E-state index contributed by atoms with van der Waals surface area (Å²) in [4.78, 5) is 0. The van der Waals surface area contributed by atoms with Crippen LogP contribution < -0.4 is 0 Å². The molecule has 110 valence electrons. The molecule has 2 rings (SSSR count). The number of aliphatic hydroxyl groups excluding tert-OH is 1. The van der Waals surface area contributed by atoms with Gasteiger partial charge >= 0.3 is 6.18 Å². The summed E-state index contributed by atoms with van der Waals surface area (Å²) in [6, 6.07) is 2.67. The highest BCUT2D eigenvalue weighted by molar-refractivity contribution is 5.29. The average Bonchev–Trinajstić information content (AvgIpc) is 2.39. The smallest absolute Gasteiger partial charge is 0.388 e. The molecule has 0 amide bonds. The first-order valence-corrected chi connectivity index (χ1v) is 6.60. The summed E-state index contributed by atoms with van der Waals surface area (Å²) in [5.74, 6) is -1.31. The first kappa shape index (κ1) is 15.0. The first-order valence-electron chi connectivity index (χ1n) is 6.60. The number of benzene rings is 1. The number of halogens is 4. The number of allylic oxidation sites excluding steroid dienone is 1. The van der Waals surface area contributed by atoms with Crippen LogP contribution in [0.15, 0.2) is 29.8 Å². The van der Waals surface area contributed by atoms with Gasteiger partial charge in [0.05, 0.1) is 11.7 Å². The van der Waals surface area contributed by atoms with E-state index in [0.29, 0.717) is 12.5 Å². The van der Waals surface area contributed by atoms with Crippen molar-refractivity contribution in [3.05, 3.63) is 46.8 Å². The molecule has 1 aliphatic carbocycles. The van der Waals surface area contributed by atoms with E-state index in [0.717, 1.165) is 37.3 Å². The summed E-state index contributed by atoms with van der Waals surface area (Å²) in [6.07, 6.45) is 0.516. The van der Waals surface area contributed by atoms with E-state index in [1.54, 1.807) is 0 Å². The molecular weight excluding hydrogens is 272 g/mol. The summed E-state index contributed by atoms with van der Waals surface area (Å²) in [5, 5.41) is 10.0. The molecule has 1 aromatic carbocycles. The molecule has 1 aliphatic rings. The topological polar surface area (TPSA) is 20.2 Å². The van der Waals surface area contributed by atoms with Crippen molar-refractivity contribution in [2.75, 3.05) is 0 Å². The van der Waals surface area contributed by atoms with Crippen LogP contribution in [-0.4, -0.2) is 5.11 Å². The van der Waals surface area contributed by atoms with Crippen LogP contribution in [0.1, 0.15) is 49.3 Å². The highest BCUT2D eigenvalue weighted by Crippen LogP contribution is 2.34. The Kier molecular flexibility index (Phi) is 4.48. The van der Waals surface area contributed by atoms with E-state index in [1.807, 2.05) is 6.08 Å². The molecule has 0 heterocycles. The molecule has 5 heteroatoms. The number of hydrogen-bond donors (Lipinski definition) is 1. The van der Waals surface area contributed by atoms with Crippen molar-refractivity contribution < 1.29 is 22.7 Å². The molecule has 1 N–H and O–H groups in total. The Labute approximate surface area is 114 Å². The number of hydrogen-bond acceptors (Lipinski definition) is 1. The van der Waals surface area contributed by atoms with Crippen molar-refractivity contribution in [1.29, 1.82) is 0 Å². The maximum absolute atomic E-state index is 13.2. The molecule has 1 aromatic rings. The van der Waals surface area contributed by atoms with Gasteiger partial charge in [-0.1, -0.05) is 17.7 Å². The zero-order valence-corrected chi connectivity index (χ0v) is 10.9. The van der Waals surface area contributed by atoms with E-state index in [4.69, 9.17) is 0 Å². The van der Waals surface area contributed by atoms with Gasteiger partial charge in [-0.3, -0.25) is 0 Å². The highest BCUT2D eigenvalue weighted by atomic mass is 19.4. The van der Waals surface area contributed by atoms with E-state index in [9.17, 15) is 22.7 Å². The van der Waals surface area contributed by atoms with Gasteiger partial charge in [0.25, 0.3) is 0 Å². The Hall–Kier alpha value is -1.36. The van der Waals surface area contributed by atoms with Crippen LogP contribution in [-0.2, 0) is 6.18 Å². The summed E-state index contributed by atoms with van der Waals surface area (Å²) >= 11 is 0. The van der Waals surface area contributed by atoms with Crippen LogP contribution in [0.2, 0.25) is 0 Å². The second-order valence-electron chi connectivity index (χ2n) is 5.07. The number of alkyl halides is 3. The molecule has 0 fully saturated rings. The van der Waals surface area contributed by atoms with Crippen LogP contribution in [0, 0.1) is 5.82 Å². The van der Waals surface area contributed by atoms with Crippen molar-refractivity contribution in [3.63, 3.8) is 0 Å². The molecule has 0 aliphatic heterocycles. The minimum absolute atomic E-state index is 0.102. The van der Waals surface area contributed by atoms with Gasteiger partial charge in [0.1, 0.15) is 5.82 Å². The molecule has 0 saturated carbocycles. The van der Waals surface area contributed by atoms with E-state index in [1.165, 1.54) is 6.07 Å². The van der Waals surface area contributed by atoms with Gasteiger partial charge in [-0.2, -0.15) is 13.2 Å². The standard InChI is InChI=1S/C15H16F4O/c16-13-7-6-11(9-12(13)15(17,18)19)14(20)8-10-4-2-1-3-5-10/h4,6-7,9,14,20H,1-3,5,8H2. The van der Waals surface area contributed by atoms with E-state index in [-0.39, 0.29) is 5.56 Å². The van der Waals surface area contributed by atoms with Gasteiger partial charge in [0, 0.05) is 0 Å². The van der Waals surface area contributed by atoms with Crippen LogP contribution in [0.4, 0.5) is 17.6 Å². The van der Waals surface area contributed by atoms with E-state index < -0.39 is 23.7 Å². The lowest BCUT2D eigenvalue weighted by molar-refractivity contribution is -0.140. The SMILES string of the molecule is OC(CC1=CCCCC1)c1ccc(F)c(C(F)(F)F)c1. The monoisotopic (exact) mass is 288 g/mol. The Morgan fingerprint density at radius 3 is 2.55 bits per heavy atom. The zero-order chi connectivity index (χ0) is 14.8. The highest BCUT2D eigenvalue weighted by Gasteiger charge is 2.34. The predicted molar refractivity (Wildman–Crippen MR) is 67.5 cm³/mol. The van der Waals surface area contributed by atoms with Crippen molar-refractivity contribution in [2.45, 2.75) is 44.4 Å². The average molecular weight is 288 g/mol. The fourth-order valence-electron chi connectivity index (χ4n) is 2.42. The minimum atomic E-state index is -4.75. The normalized spacial score (nSPS) is 17.8. The molecule has 1 atom stereocenters. The second kappa shape index (κ2) is 5.95. The lowest BCUT2D eigenvalue weighted by Gasteiger charge is -2.18. The van der Waals surface area contributed by atoms with Gasteiger partial charge < -0.3 is 5.11 Å². The summed E-state index contributed by atoms with van der Waals surface area (Å²) in [5.41, 5.74) is -0.168. The third-order valence-corrected chi connectivity index (χ3v) is 3.52. The van der Waals surface area contributed by atoms with Crippen molar-refractivity contribution in [3.8, 4) is 0 Å². The van der Waals surface area contributed by atoms with Crippen molar-refractivity contribution in [2.24, 2.45) is 0 Å². The maximum Gasteiger partial charge on any atom is 0.419 e. The van der Waals surface area contributed by atoms with Crippen LogP contribution in [0.5, 0.6) is 0 Å². The van der Waals surface area contributed by atoms with Gasteiger partial charge in [-0.25, -0.2) is 4.39 Å². The largest absolute Gasteiger partial charge is 0.419 e. The molecule has 0 saturated heterocycles. The van der Waals surface area contributed by atoms with Crippen LogP contribution >= 0.6 is 0 Å². The molecule has 1 unspecified atom stereocenters. The Morgan fingerprint density at radius 2 is 1.95 bits per heavy atom. The quantitative estimate of drug-likeness (QED) is 0.627. The third kappa shape index (κ3) is 3.60. The van der Waals surface area contributed by atoms with Gasteiger partial charge in [-0.15, -0.1) is 0 Å². The van der Waals surface area contributed by atoms with E-state index in [2.05, 4.69) is 0 Å². The van der Waals surface area contributed by atoms with Gasteiger partial charge in [-0.05, 0) is 49.8 Å². The lowest BCUT2D eigenvalue weighted by Crippen LogP contribution is -2.10. The fourth-order valence-corrected chi connectivity index (χ4v) is 2.42. The van der Waals surface area contributed by atoms with E-state index >= 15 is 0 Å². The summed E-state index contributed by atoms with van der Waals surface area (Å²) in [6.45, 7) is 0. The van der Waals surface area contributed by atoms with Crippen LogP contribution in [0.3, 0.4) is 0 Å². The number of rotatable bonds is 3. The maximum atomic E-state index is 13.2. The Balaban J connectivity index is 2.18. The predicted octanol–water partition coefficient (Wildman–Crippen LogP) is 4.77. The molecule has 0 radical (unpaired) electrons. The summed E-state index contributed by atoms with van der Waals surface area (Å²) in [7, 11) is 0. The Morgan fingerprint density at radius 1 is 1.20 bits per heavy atom. The van der Waals surface area contributed by atoms with Gasteiger partial charge in [0.15, 0.2) is 0 Å². The Bertz CT molecular complexity index is 505. The van der Waals surface area contributed by atoms with Crippen molar-refractivity contribution >= 4 is 0 Å². The third-order valence-electron chi connectivity index (χ3n) is 3.52. The minimum Gasteiger partial charge on any atom is -0.388 e. The lowest BCUT2D eigenvalue weighted by atomic mass is 9.92. The second-order valence-corrected chi connectivity index (χ2v) is 5.07. The first-order chi connectivity index (χ1) is 9.38. The van der Waals surface area contributed by atoms with Crippen LogP contribution in [0.25, 0.3) is 0 Å². The molecule has 1 nitrogen and oxygen atoms in total. The zero-order valence-electron chi connectivity index (χ0n) is 10.9. The molecule has 0 aromatic heterocycles. The molecule has 20 heavy (non-hydrogen) atoms. The van der Waals surface area contributed by atoms with Gasteiger partial charge in [0.2, 0.25) is 0 Å². The van der Waals surface area contributed by atoms with Crippen molar-refractivity contribution in [1.82, 2.24) is 0 Å². The summed E-state index contributed by atoms with van der Waals surface area (Å²) < 4.78 is 51.0. The number of aliphatic hydroxyl groups is 1. The fraction of sp³-hybridized carbons (Fsp3) is 0.467.